The summed E-state index contributed by atoms with van der Waals surface area (Å²) in [6, 6.07) is 0.433. The van der Waals surface area contributed by atoms with Crippen LogP contribution >= 0.6 is 11.3 Å². The summed E-state index contributed by atoms with van der Waals surface area (Å²) < 4.78 is 0. The van der Waals surface area contributed by atoms with Crippen molar-refractivity contribution < 1.29 is 0 Å². The summed E-state index contributed by atoms with van der Waals surface area (Å²) in [6.07, 6.45) is 1.17. The van der Waals surface area contributed by atoms with Crippen LogP contribution < -0.4 is 5.32 Å². The Labute approximate surface area is 103 Å². The predicted molar refractivity (Wildman–Crippen MR) is 72.1 cm³/mol. The Hall–Kier alpha value is -0.410. The van der Waals surface area contributed by atoms with E-state index in [1.165, 1.54) is 17.1 Å². The van der Waals surface area contributed by atoms with Crippen LogP contribution in [0.2, 0.25) is 0 Å². The van der Waals surface area contributed by atoms with E-state index in [1.807, 2.05) is 0 Å². The van der Waals surface area contributed by atoms with Gasteiger partial charge in [0.1, 0.15) is 5.01 Å². The molecule has 16 heavy (non-hydrogen) atoms. The second kappa shape index (κ2) is 6.36. The summed E-state index contributed by atoms with van der Waals surface area (Å²) in [5.41, 5.74) is 1.23. The van der Waals surface area contributed by atoms with Gasteiger partial charge in [-0.3, -0.25) is 0 Å². The third kappa shape index (κ3) is 3.87. The zero-order valence-electron chi connectivity index (χ0n) is 11.1. The summed E-state index contributed by atoms with van der Waals surface area (Å²) in [6.45, 7) is 12.1. The van der Waals surface area contributed by atoms with E-state index < -0.39 is 0 Å². The van der Waals surface area contributed by atoms with E-state index in [4.69, 9.17) is 4.98 Å². The lowest BCUT2D eigenvalue weighted by atomic mass is 10.0. The van der Waals surface area contributed by atoms with Crippen molar-refractivity contribution in [2.75, 3.05) is 6.54 Å². The topological polar surface area (TPSA) is 24.9 Å². The van der Waals surface area contributed by atoms with Gasteiger partial charge < -0.3 is 5.32 Å². The van der Waals surface area contributed by atoms with Crippen LogP contribution in [-0.2, 0) is 0 Å². The Morgan fingerprint density at radius 1 is 1.31 bits per heavy atom. The molecule has 1 aromatic heterocycles. The molecule has 1 aromatic rings. The zero-order chi connectivity index (χ0) is 12.1. The quantitative estimate of drug-likeness (QED) is 0.814. The van der Waals surface area contributed by atoms with Gasteiger partial charge in [0.2, 0.25) is 0 Å². The van der Waals surface area contributed by atoms with Crippen LogP contribution in [-0.4, -0.2) is 11.5 Å². The van der Waals surface area contributed by atoms with E-state index >= 15 is 0 Å². The first-order chi connectivity index (χ1) is 7.54. The number of hydrogen-bond acceptors (Lipinski definition) is 3. The fourth-order valence-corrected chi connectivity index (χ4v) is 2.78. The Balaban J connectivity index is 2.75. The van der Waals surface area contributed by atoms with Crippen molar-refractivity contribution in [2.45, 2.75) is 53.0 Å². The lowest BCUT2D eigenvalue weighted by molar-refractivity contribution is 0.436. The van der Waals surface area contributed by atoms with Crippen molar-refractivity contribution in [3.05, 3.63) is 16.1 Å². The number of nitrogens with one attached hydrogen (secondary N) is 1. The molecule has 1 rings (SSSR count). The lowest BCUT2D eigenvalue weighted by Gasteiger charge is -2.17. The van der Waals surface area contributed by atoms with Crippen LogP contribution in [0.4, 0.5) is 0 Å². The van der Waals surface area contributed by atoms with Gasteiger partial charge in [-0.05, 0) is 24.8 Å². The van der Waals surface area contributed by atoms with Gasteiger partial charge in [-0.25, -0.2) is 4.98 Å². The molecule has 0 saturated heterocycles. The van der Waals surface area contributed by atoms with Crippen molar-refractivity contribution in [1.29, 1.82) is 0 Å². The monoisotopic (exact) mass is 240 g/mol. The number of rotatable bonds is 6. The molecule has 0 fully saturated rings. The second-order valence-electron chi connectivity index (χ2n) is 5.01. The molecule has 0 aliphatic rings. The fraction of sp³-hybridized carbons (Fsp3) is 0.769. The van der Waals surface area contributed by atoms with Crippen LogP contribution in [0.15, 0.2) is 5.38 Å². The highest BCUT2D eigenvalue weighted by atomic mass is 32.1. The highest BCUT2D eigenvalue weighted by Gasteiger charge is 2.16. The van der Waals surface area contributed by atoms with Crippen LogP contribution in [0.5, 0.6) is 0 Å². The van der Waals surface area contributed by atoms with E-state index in [1.54, 1.807) is 11.3 Å². The molecule has 92 valence electrons. The van der Waals surface area contributed by atoms with E-state index in [2.05, 4.69) is 45.3 Å². The zero-order valence-corrected chi connectivity index (χ0v) is 11.9. The normalized spacial score (nSPS) is 13.7. The maximum absolute atomic E-state index is 4.74. The summed E-state index contributed by atoms with van der Waals surface area (Å²) in [4.78, 5) is 4.74. The number of thiazole rings is 1. The molecule has 2 nitrogen and oxygen atoms in total. The highest BCUT2D eigenvalue weighted by molar-refractivity contribution is 7.09. The van der Waals surface area contributed by atoms with Gasteiger partial charge in [0, 0.05) is 5.38 Å². The van der Waals surface area contributed by atoms with Gasteiger partial charge in [0.05, 0.1) is 11.7 Å². The minimum atomic E-state index is 0.433. The van der Waals surface area contributed by atoms with Crippen LogP contribution in [0, 0.1) is 5.92 Å². The Morgan fingerprint density at radius 2 is 2.00 bits per heavy atom. The molecular formula is C13H24N2S. The van der Waals surface area contributed by atoms with Crippen molar-refractivity contribution in [3.63, 3.8) is 0 Å². The Morgan fingerprint density at radius 3 is 2.44 bits per heavy atom. The molecule has 1 N–H and O–H groups in total. The highest BCUT2D eigenvalue weighted by Crippen LogP contribution is 2.26. The SMILES string of the molecule is CCNC(CC(C)C)c1nc(C(C)C)cs1. The summed E-state index contributed by atoms with van der Waals surface area (Å²) in [5, 5.41) is 6.98. The third-order valence-corrected chi connectivity index (χ3v) is 3.56. The van der Waals surface area contributed by atoms with Crippen molar-refractivity contribution in [1.82, 2.24) is 10.3 Å². The van der Waals surface area contributed by atoms with Crippen LogP contribution in [0.25, 0.3) is 0 Å². The van der Waals surface area contributed by atoms with Gasteiger partial charge in [0.25, 0.3) is 0 Å². The maximum Gasteiger partial charge on any atom is 0.110 e. The molecule has 3 heteroatoms. The second-order valence-corrected chi connectivity index (χ2v) is 5.89. The molecule has 1 heterocycles. The smallest absolute Gasteiger partial charge is 0.110 e. The number of hydrogen-bond donors (Lipinski definition) is 1. The fourth-order valence-electron chi connectivity index (χ4n) is 1.72. The molecule has 0 aliphatic carbocycles. The molecule has 0 radical (unpaired) electrons. The van der Waals surface area contributed by atoms with Crippen molar-refractivity contribution in [2.24, 2.45) is 5.92 Å². The minimum Gasteiger partial charge on any atom is -0.308 e. The molecule has 0 amide bonds. The van der Waals surface area contributed by atoms with Crippen molar-refractivity contribution >= 4 is 11.3 Å². The number of nitrogens with zero attached hydrogens (tertiary/aromatic N) is 1. The van der Waals surface area contributed by atoms with E-state index in [0.717, 1.165) is 6.54 Å². The van der Waals surface area contributed by atoms with Gasteiger partial charge in [-0.1, -0.05) is 34.6 Å². The molecule has 1 atom stereocenters. The maximum atomic E-state index is 4.74. The first-order valence-electron chi connectivity index (χ1n) is 6.23. The molecular weight excluding hydrogens is 216 g/mol. The average molecular weight is 240 g/mol. The molecule has 0 bridgehead atoms. The van der Waals surface area contributed by atoms with Gasteiger partial charge in [-0.15, -0.1) is 11.3 Å². The minimum absolute atomic E-state index is 0.433. The van der Waals surface area contributed by atoms with Gasteiger partial charge in [-0.2, -0.15) is 0 Å². The van der Waals surface area contributed by atoms with Crippen molar-refractivity contribution in [3.8, 4) is 0 Å². The van der Waals surface area contributed by atoms with Gasteiger partial charge in [0.15, 0.2) is 0 Å². The van der Waals surface area contributed by atoms with Crippen LogP contribution in [0.3, 0.4) is 0 Å². The molecule has 0 aliphatic heterocycles. The van der Waals surface area contributed by atoms with E-state index in [9.17, 15) is 0 Å². The average Bonchev–Trinajstić information content (AvgIpc) is 2.65. The summed E-state index contributed by atoms with van der Waals surface area (Å²) in [5.74, 6) is 1.24. The molecule has 1 unspecified atom stereocenters. The summed E-state index contributed by atoms with van der Waals surface area (Å²) in [7, 11) is 0. The number of aromatic nitrogens is 1. The van der Waals surface area contributed by atoms with Gasteiger partial charge >= 0.3 is 0 Å². The molecule has 0 aromatic carbocycles. The largest absolute Gasteiger partial charge is 0.308 e. The van der Waals surface area contributed by atoms with Crippen LogP contribution in [0.1, 0.15) is 63.7 Å². The third-order valence-electron chi connectivity index (χ3n) is 2.59. The lowest BCUT2D eigenvalue weighted by Crippen LogP contribution is -2.22. The Bertz CT molecular complexity index is 305. The molecule has 0 saturated carbocycles. The standard InChI is InChI=1S/C13H24N2S/c1-6-14-11(7-9(2)3)13-15-12(8-16-13)10(4)5/h8-11,14H,6-7H2,1-5H3. The van der Waals surface area contributed by atoms with E-state index in [0.29, 0.717) is 17.9 Å². The molecule has 0 spiro atoms. The predicted octanol–water partition coefficient (Wildman–Crippen LogP) is 3.96. The van der Waals surface area contributed by atoms with E-state index in [-0.39, 0.29) is 0 Å². The first-order valence-corrected chi connectivity index (χ1v) is 7.11. The first kappa shape index (κ1) is 13.7. The summed E-state index contributed by atoms with van der Waals surface area (Å²) >= 11 is 1.79. The Kier molecular flexibility index (Phi) is 5.42.